The fourth-order valence-corrected chi connectivity index (χ4v) is 12.4. The maximum absolute atomic E-state index is 5.33. The minimum atomic E-state index is -2.51. The Morgan fingerprint density at radius 3 is 1.00 bits per heavy atom. The molecule has 4 aromatic rings. The maximum Gasteiger partial charge on any atom is 0.151 e. The van der Waals surface area contributed by atoms with Crippen LogP contribution in [0.15, 0.2) is 121 Å². The molecule has 0 amide bonds. The summed E-state index contributed by atoms with van der Waals surface area (Å²) in [5.41, 5.74) is 2.48. The third-order valence-electron chi connectivity index (χ3n) is 5.60. The Bertz CT molecular complexity index is 934. The van der Waals surface area contributed by atoms with Crippen molar-refractivity contribution in [2.45, 2.75) is 9.75 Å². The average molecular weight is 429 g/mol. The van der Waals surface area contributed by atoms with Crippen molar-refractivity contribution >= 4 is 43.7 Å². The first-order chi connectivity index (χ1) is 14.2. The monoisotopic (exact) mass is 428 g/mol. The molecule has 0 radical (unpaired) electrons. The summed E-state index contributed by atoms with van der Waals surface area (Å²) in [5, 5.41) is 2.69. The van der Waals surface area contributed by atoms with Crippen molar-refractivity contribution in [2.75, 3.05) is 0 Å². The van der Waals surface area contributed by atoms with Crippen LogP contribution in [0, 0.1) is 0 Å². The van der Waals surface area contributed by atoms with Gasteiger partial charge in [-0.1, -0.05) is 132 Å². The van der Waals surface area contributed by atoms with E-state index in [-0.39, 0.29) is 9.75 Å². The third-order valence-corrected chi connectivity index (χ3v) is 13.6. The van der Waals surface area contributed by atoms with E-state index in [0.717, 1.165) is 0 Å². The molecule has 4 aromatic carbocycles. The molecule has 0 N–H and O–H groups in total. The number of rotatable bonds is 6. The second-order valence-electron chi connectivity index (χ2n) is 7.23. The summed E-state index contributed by atoms with van der Waals surface area (Å²) in [6.07, 6.45) is 0. The lowest BCUT2D eigenvalue weighted by Gasteiger charge is -2.42. The highest BCUT2D eigenvalue weighted by molar-refractivity contribution is 7.86. The third kappa shape index (κ3) is 3.83. The molecule has 0 fully saturated rings. The van der Waals surface area contributed by atoms with Crippen LogP contribution in [0.5, 0.6) is 0 Å². The van der Waals surface area contributed by atoms with Gasteiger partial charge in [-0.05, 0) is 11.1 Å². The zero-order valence-electron chi connectivity index (χ0n) is 16.1. The van der Waals surface area contributed by atoms with Crippen LogP contribution in [0.4, 0.5) is 0 Å². The van der Waals surface area contributed by atoms with Gasteiger partial charge in [0, 0.05) is 9.75 Å². The predicted molar refractivity (Wildman–Crippen MR) is 134 cm³/mol. The van der Waals surface area contributed by atoms with E-state index >= 15 is 0 Å². The fourth-order valence-electron chi connectivity index (χ4n) is 4.17. The second kappa shape index (κ2) is 9.08. The van der Waals surface area contributed by atoms with Crippen molar-refractivity contribution in [3.8, 4) is 0 Å². The van der Waals surface area contributed by atoms with Crippen molar-refractivity contribution in [3.05, 3.63) is 132 Å². The molecular weight excluding hydrogens is 405 g/mol. The number of hydrogen-bond donors (Lipinski definition) is 2. The largest absolute Gasteiger partial charge is 0.173 e. The molecule has 4 rings (SSSR count). The summed E-state index contributed by atoms with van der Waals surface area (Å²) in [6.45, 7) is 0. The number of hydrogen-bond acceptors (Lipinski definition) is 2. The molecule has 0 saturated heterocycles. The predicted octanol–water partition coefficient (Wildman–Crippen LogP) is 5.67. The van der Waals surface area contributed by atoms with E-state index in [4.69, 9.17) is 25.3 Å². The van der Waals surface area contributed by atoms with Gasteiger partial charge in [0.25, 0.3) is 0 Å². The number of benzene rings is 4. The molecule has 0 aliphatic carbocycles. The van der Waals surface area contributed by atoms with Gasteiger partial charge < -0.3 is 0 Å². The van der Waals surface area contributed by atoms with Crippen molar-refractivity contribution in [2.24, 2.45) is 0 Å². The molecule has 3 heteroatoms. The summed E-state index contributed by atoms with van der Waals surface area (Å²) < 4.78 is 0. The van der Waals surface area contributed by atoms with Crippen LogP contribution in [0.25, 0.3) is 0 Å². The molecular formula is C26H24S2Si. The highest BCUT2D eigenvalue weighted by atomic mass is 32.1. The number of thiol groups is 2. The smallest absolute Gasteiger partial charge is 0.151 e. The van der Waals surface area contributed by atoms with E-state index in [9.17, 15) is 0 Å². The Hall–Kier alpha value is -2.20. The van der Waals surface area contributed by atoms with E-state index in [1.807, 2.05) is 0 Å². The van der Waals surface area contributed by atoms with Crippen LogP contribution in [0.2, 0.25) is 0 Å². The minimum Gasteiger partial charge on any atom is -0.173 e. The zero-order chi connectivity index (χ0) is 20.1. The molecule has 0 saturated carbocycles. The minimum absolute atomic E-state index is 0.0520. The van der Waals surface area contributed by atoms with Gasteiger partial charge in [-0.2, -0.15) is 25.3 Å². The maximum atomic E-state index is 5.33. The van der Waals surface area contributed by atoms with Crippen LogP contribution >= 0.6 is 25.3 Å². The lowest BCUT2D eigenvalue weighted by atomic mass is 10.2. The molecule has 0 spiro atoms. The summed E-state index contributed by atoms with van der Waals surface area (Å²) in [7, 11) is -2.51. The lowest BCUT2D eigenvalue weighted by Crippen LogP contribution is -2.64. The van der Waals surface area contributed by atoms with Crippen LogP contribution in [-0.2, 0) is 0 Å². The Labute approximate surface area is 185 Å². The van der Waals surface area contributed by atoms with Crippen molar-refractivity contribution in [3.63, 3.8) is 0 Å². The summed E-state index contributed by atoms with van der Waals surface area (Å²) in [6, 6.07) is 43.1. The van der Waals surface area contributed by atoms with Gasteiger partial charge in [0.15, 0.2) is 8.07 Å². The highest BCUT2D eigenvalue weighted by Gasteiger charge is 2.49. The van der Waals surface area contributed by atoms with Gasteiger partial charge in [-0.25, -0.2) is 0 Å². The Kier molecular flexibility index (Phi) is 6.29. The van der Waals surface area contributed by atoms with Gasteiger partial charge in [0.2, 0.25) is 0 Å². The second-order valence-corrected chi connectivity index (χ2v) is 13.3. The molecule has 144 valence electrons. The Morgan fingerprint density at radius 2 is 0.690 bits per heavy atom. The normalized spacial score (nSPS) is 13.6. The van der Waals surface area contributed by atoms with Crippen LogP contribution in [-0.4, -0.2) is 8.07 Å². The van der Waals surface area contributed by atoms with Gasteiger partial charge in [0.1, 0.15) is 0 Å². The first-order valence-electron chi connectivity index (χ1n) is 9.81. The average Bonchev–Trinajstić information content (AvgIpc) is 2.82. The zero-order valence-corrected chi connectivity index (χ0v) is 18.9. The van der Waals surface area contributed by atoms with Crippen molar-refractivity contribution in [1.29, 1.82) is 0 Å². The molecule has 0 aliphatic rings. The summed E-state index contributed by atoms with van der Waals surface area (Å²) in [4.78, 5) is 0.104. The van der Waals surface area contributed by atoms with Crippen LogP contribution in [0.1, 0.15) is 20.9 Å². The quantitative estimate of drug-likeness (QED) is 0.287. The molecule has 2 unspecified atom stereocenters. The first kappa shape index (κ1) is 20.1. The molecule has 2 atom stereocenters. The van der Waals surface area contributed by atoms with Gasteiger partial charge in [-0.3, -0.25) is 0 Å². The van der Waals surface area contributed by atoms with Crippen LogP contribution < -0.4 is 10.4 Å². The molecule has 0 heterocycles. The summed E-state index contributed by atoms with van der Waals surface area (Å²) >= 11 is 10.7. The fraction of sp³-hybridized carbons (Fsp3) is 0.0769. The van der Waals surface area contributed by atoms with Gasteiger partial charge in [0.05, 0.1) is 0 Å². The molecule has 0 bridgehead atoms. The Balaban J connectivity index is 2.03. The SMILES string of the molecule is SC(c1ccccc1)[Si](c1ccccc1)(c1ccccc1)C(S)c1ccccc1. The van der Waals surface area contributed by atoms with Crippen LogP contribution in [0.3, 0.4) is 0 Å². The lowest BCUT2D eigenvalue weighted by molar-refractivity contribution is 1.21. The van der Waals surface area contributed by atoms with E-state index in [2.05, 4.69) is 121 Å². The molecule has 0 aromatic heterocycles. The standard InChI is InChI=1S/C26H24S2Si/c27-25(21-13-5-1-6-14-21)29(23-17-9-3-10-18-23,24-19-11-4-12-20-24)26(28)22-15-7-2-8-16-22/h1-20,25-28H. The van der Waals surface area contributed by atoms with E-state index in [0.29, 0.717) is 0 Å². The van der Waals surface area contributed by atoms with Crippen molar-refractivity contribution in [1.82, 2.24) is 0 Å². The molecule has 29 heavy (non-hydrogen) atoms. The first-order valence-corrected chi connectivity index (χ1v) is 13.0. The van der Waals surface area contributed by atoms with Crippen molar-refractivity contribution < 1.29 is 0 Å². The van der Waals surface area contributed by atoms with Gasteiger partial charge >= 0.3 is 0 Å². The van der Waals surface area contributed by atoms with E-state index in [1.54, 1.807) is 0 Å². The molecule has 0 aliphatic heterocycles. The molecule has 0 nitrogen and oxygen atoms in total. The highest BCUT2D eigenvalue weighted by Crippen LogP contribution is 2.42. The van der Waals surface area contributed by atoms with Gasteiger partial charge in [-0.15, -0.1) is 0 Å². The van der Waals surface area contributed by atoms with E-state index < -0.39 is 8.07 Å². The van der Waals surface area contributed by atoms with E-state index in [1.165, 1.54) is 21.5 Å². The summed E-state index contributed by atoms with van der Waals surface area (Å²) in [5.74, 6) is 0. The topological polar surface area (TPSA) is 0 Å². The Morgan fingerprint density at radius 1 is 0.414 bits per heavy atom.